The molecule has 32 heavy (non-hydrogen) atoms. The molecule has 2 heterocycles. The topological polar surface area (TPSA) is 103 Å². The molecule has 3 aromatic rings. The number of aryl methyl sites for hydroxylation is 2. The van der Waals surface area contributed by atoms with Crippen molar-refractivity contribution >= 4 is 39.0 Å². The van der Waals surface area contributed by atoms with Gasteiger partial charge in [0.25, 0.3) is 0 Å². The third-order valence-corrected chi connectivity index (χ3v) is 6.66. The molecule has 0 fully saturated rings. The van der Waals surface area contributed by atoms with Crippen molar-refractivity contribution in [1.82, 2.24) is 14.5 Å². The summed E-state index contributed by atoms with van der Waals surface area (Å²) in [5.74, 6) is 0.134. The van der Waals surface area contributed by atoms with Gasteiger partial charge < -0.3 is 9.30 Å². The van der Waals surface area contributed by atoms with Crippen molar-refractivity contribution in [3.05, 3.63) is 62.5 Å². The van der Waals surface area contributed by atoms with E-state index in [2.05, 4.69) is 14.7 Å². The number of aromatic nitrogens is 3. The Hall–Kier alpha value is -2.62. The van der Waals surface area contributed by atoms with Crippen molar-refractivity contribution in [3.63, 3.8) is 0 Å². The van der Waals surface area contributed by atoms with E-state index in [1.807, 2.05) is 6.92 Å². The van der Waals surface area contributed by atoms with Crippen LogP contribution in [0.1, 0.15) is 25.3 Å². The first kappa shape index (κ1) is 24.0. The summed E-state index contributed by atoms with van der Waals surface area (Å²) in [5.41, 5.74) is 1.45. The molecular weight excluding hydrogens is 475 g/mol. The number of benzene rings is 1. The number of nitrogens with zero attached hydrogens (tertiary/aromatic N) is 3. The van der Waals surface area contributed by atoms with Gasteiger partial charge in [-0.3, -0.25) is 9.52 Å². The summed E-state index contributed by atoms with van der Waals surface area (Å²) < 4.78 is 34.5. The van der Waals surface area contributed by atoms with Crippen molar-refractivity contribution in [2.45, 2.75) is 26.7 Å². The van der Waals surface area contributed by atoms with Gasteiger partial charge in [0, 0.05) is 30.9 Å². The summed E-state index contributed by atoms with van der Waals surface area (Å²) in [4.78, 5) is 20.3. The van der Waals surface area contributed by atoms with Crippen LogP contribution in [0.5, 0.6) is 11.8 Å². The lowest BCUT2D eigenvalue weighted by Crippen LogP contribution is -2.18. The van der Waals surface area contributed by atoms with Crippen LogP contribution in [0, 0.1) is 6.92 Å². The SMILES string of the molecule is CCCCS(=O)(=O)Nc1cc(-c2ccc(=O)n(C)c2)nc(Oc2c(Cl)ccc(C)c2Cl)n1. The second-order valence-electron chi connectivity index (χ2n) is 7.17. The predicted molar refractivity (Wildman–Crippen MR) is 126 cm³/mol. The Morgan fingerprint density at radius 3 is 2.59 bits per heavy atom. The Morgan fingerprint density at radius 2 is 1.91 bits per heavy atom. The number of rotatable bonds is 8. The molecule has 0 bridgehead atoms. The van der Waals surface area contributed by atoms with Gasteiger partial charge in [-0.2, -0.15) is 9.97 Å². The molecule has 0 saturated heterocycles. The number of sulfonamides is 1. The van der Waals surface area contributed by atoms with Crippen molar-refractivity contribution < 1.29 is 13.2 Å². The number of hydrogen-bond acceptors (Lipinski definition) is 6. The summed E-state index contributed by atoms with van der Waals surface area (Å²) in [6, 6.07) is 7.65. The Kier molecular flexibility index (Phi) is 7.43. The van der Waals surface area contributed by atoms with Crippen LogP contribution in [0.15, 0.2) is 41.3 Å². The van der Waals surface area contributed by atoms with E-state index < -0.39 is 10.0 Å². The lowest BCUT2D eigenvalue weighted by Gasteiger charge is -2.13. The summed E-state index contributed by atoms with van der Waals surface area (Å²) in [6.07, 6.45) is 2.81. The number of pyridine rings is 1. The predicted octanol–water partition coefficient (Wildman–Crippen LogP) is 4.79. The third-order valence-electron chi connectivity index (χ3n) is 4.55. The summed E-state index contributed by atoms with van der Waals surface area (Å²) in [6.45, 7) is 3.69. The maximum atomic E-state index is 12.4. The molecule has 0 spiro atoms. The Labute approximate surface area is 196 Å². The van der Waals surface area contributed by atoms with Crippen LogP contribution in [-0.2, 0) is 17.1 Å². The van der Waals surface area contributed by atoms with Gasteiger partial charge in [0.15, 0.2) is 5.75 Å². The molecule has 0 radical (unpaired) electrons. The van der Waals surface area contributed by atoms with E-state index in [-0.39, 0.29) is 33.9 Å². The minimum Gasteiger partial charge on any atom is -0.421 e. The Balaban J connectivity index is 2.09. The van der Waals surface area contributed by atoms with E-state index >= 15 is 0 Å². The first-order valence-corrected chi connectivity index (χ1v) is 12.2. The smallest absolute Gasteiger partial charge is 0.324 e. The Bertz CT molecular complexity index is 1310. The fraction of sp³-hybridized carbons (Fsp3) is 0.286. The van der Waals surface area contributed by atoms with Gasteiger partial charge in [-0.1, -0.05) is 42.6 Å². The molecule has 0 atom stereocenters. The number of nitrogens with one attached hydrogen (secondary N) is 1. The monoisotopic (exact) mass is 496 g/mol. The van der Waals surface area contributed by atoms with Crippen LogP contribution in [-0.4, -0.2) is 28.7 Å². The molecule has 170 valence electrons. The van der Waals surface area contributed by atoms with Crippen LogP contribution in [0.2, 0.25) is 10.0 Å². The van der Waals surface area contributed by atoms with E-state index in [0.29, 0.717) is 22.7 Å². The molecule has 1 aromatic carbocycles. The summed E-state index contributed by atoms with van der Waals surface area (Å²) >= 11 is 12.6. The summed E-state index contributed by atoms with van der Waals surface area (Å²) in [5, 5.41) is 0.542. The maximum Gasteiger partial charge on any atom is 0.324 e. The zero-order chi connectivity index (χ0) is 23.5. The molecule has 0 aliphatic heterocycles. The maximum absolute atomic E-state index is 12.4. The number of ether oxygens (including phenoxy) is 1. The van der Waals surface area contributed by atoms with Gasteiger partial charge in [0.1, 0.15) is 5.82 Å². The number of halogens is 2. The fourth-order valence-electron chi connectivity index (χ4n) is 2.78. The molecule has 0 aliphatic rings. The van der Waals surface area contributed by atoms with E-state index in [0.717, 1.165) is 12.0 Å². The highest BCUT2D eigenvalue weighted by atomic mass is 35.5. The molecule has 0 saturated carbocycles. The van der Waals surface area contributed by atoms with Crippen LogP contribution < -0.4 is 15.0 Å². The highest BCUT2D eigenvalue weighted by molar-refractivity contribution is 7.92. The number of anilines is 1. The second kappa shape index (κ2) is 9.89. The van der Waals surface area contributed by atoms with Gasteiger partial charge in [-0.25, -0.2) is 8.42 Å². The van der Waals surface area contributed by atoms with Crippen LogP contribution in [0.4, 0.5) is 5.82 Å². The van der Waals surface area contributed by atoms with E-state index in [9.17, 15) is 13.2 Å². The van der Waals surface area contributed by atoms with Crippen molar-refractivity contribution in [1.29, 1.82) is 0 Å². The summed E-state index contributed by atoms with van der Waals surface area (Å²) in [7, 11) is -2.02. The molecule has 8 nitrogen and oxygen atoms in total. The standard InChI is InChI=1S/C21H22Cl2N4O4S/c1-4-5-10-32(29,30)26-17-11-16(14-7-9-18(28)27(3)12-14)24-21(25-17)31-20-15(22)8-6-13(2)19(20)23/h6-9,11-12H,4-5,10H2,1-3H3,(H,24,25,26). The Morgan fingerprint density at radius 1 is 1.16 bits per heavy atom. The largest absolute Gasteiger partial charge is 0.421 e. The highest BCUT2D eigenvalue weighted by Gasteiger charge is 2.17. The van der Waals surface area contributed by atoms with E-state index in [1.165, 1.54) is 16.7 Å². The lowest BCUT2D eigenvalue weighted by atomic mass is 10.2. The third kappa shape index (κ3) is 5.79. The van der Waals surface area contributed by atoms with Gasteiger partial charge in [-0.15, -0.1) is 0 Å². The van der Waals surface area contributed by atoms with Crippen LogP contribution in [0.3, 0.4) is 0 Å². The molecule has 0 aliphatic carbocycles. The first-order chi connectivity index (χ1) is 15.1. The molecule has 0 amide bonds. The molecule has 11 heteroatoms. The fourth-order valence-corrected chi connectivity index (χ4v) is 4.42. The average Bonchev–Trinajstić information content (AvgIpc) is 2.74. The molecule has 0 unspecified atom stereocenters. The minimum atomic E-state index is -3.63. The van der Waals surface area contributed by atoms with Crippen molar-refractivity contribution in [3.8, 4) is 23.0 Å². The van der Waals surface area contributed by atoms with E-state index in [4.69, 9.17) is 27.9 Å². The van der Waals surface area contributed by atoms with Crippen molar-refractivity contribution in [2.24, 2.45) is 7.05 Å². The molecular formula is C21H22Cl2N4O4S. The quantitative estimate of drug-likeness (QED) is 0.480. The average molecular weight is 497 g/mol. The second-order valence-corrected chi connectivity index (χ2v) is 9.80. The molecule has 3 rings (SSSR count). The van der Waals surface area contributed by atoms with E-state index in [1.54, 1.807) is 38.4 Å². The van der Waals surface area contributed by atoms with Crippen LogP contribution in [0.25, 0.3) is 11.3 Å². The van der Waals surface area contributed by atoms with Gasteiger partial charge in [0.05, 0.1) is 21.5 Å². The normalized spacial score (nSPS) is 11.4. The van der Waals surface area contributed by atoms with Gasteiger partial charge in [-0.05, 0) is 31.0 Å². The number of unbranched alkanes of at least 4 members (excludes halogenated alkanes) is 1. The minimum absolute atomic E-state index is 0.0230. The van der Waals surface area contributed by atoms with Gasteiger partial charge in [0.2, 0.25) is 15.6 Å². The first-order valence-electron chi connectivity index (χ1n) is 9.78. The zero-order valence-electron chi connectivity index (χ0n) is 17.7. The van der Waals surface area contributed by atoms with Crippen molar-refractivity contribution in [2.75, 3.05) is 10.5 Å². The lowest BCUT2D eigenvalue weighted by molar-refractivity contribution is 0.443. The molecule has 2 aromatic heterocycles. The molecule has 1 N–H and O–H groups in total. The van der Waals surface area contributed by atoms with Crippen LogP contribution >= 0.6 is 23.2 Å². The highest BCUT2D eigenvalue weighted by Crippen LogP contribution is 2.38. The number of hydrogen-bond donors (Lipinski definition) is 1. The zero-order valence-corrected chi connectivity index (χ0v) is 20.1. The van der Waals surface area contributed by atoms with Gasteiger partial charge >= 0.3 is 6.01 Å².